The van der Waals surface area contributed by atoms with Gasteiger partial charge in [-0.1, -0.05) is 48.6 Å². The van der Waals surface area contributed by atoms with Crippen LogP contribution in [0.3, 0.4) is 0 Å². The van der Waals surface area contributed by atoms with E-state index >= 15 is 0 Å². The van der Waals surface area contributed by atoms with E-state index in [2.05, 4.69) is 30.9 Å². The summed E-state index contributed by atoms with van der Waals surface area (Å²) in [7, 11) is 0. The molecule has 0 amide bonds. The molecule has 6 heteroatoms. The zero-order valence-electron chi connectivity index (χ0n) is 13.5. The molecule has 1 unspecified atom stereocenters. The van der Waals surface area contributed by atoms with Gasteiger partial charge in [-0.05, 0) is 25.3 Å². The van der Waals surface area contributed by atoms with E-state index in [0.717, 1.165) is 53.1 Å². The number of anilines is 1. The number of nitrogens with zero attached hydrogens (tertiary/aromatic N) is 4. The first-order valence-corrected chi connectivity index (χ1v) is 8.78. The Kier molecular flexibility index (Phi) is 3.39. The van der Waals surface area contributed by atoms with E-state index in [9.17, 15) is 0 Å². The Morgan fingerprint density at radius 1 is 1.30 bits per heavy atom. The number of benzene rings is 1. The highest BCUT2D eigenvalue weighted by Gasteiger charge is 2.34. The summed E-state index contributed by atoms with van der Waals surface area (Å²) in [5, 5.41) is 5.85. The molecule has 0 radical (unpaired) electrons. The Morgan fingerprint density at radius 2 is 2.09 bits per heavy atom. The molecule has 120 valence electrons. The van der Waals surface area contributed by atoms with Crippen molar-refractivity contribution in [1.29, 1.82) is 0 Å². The average Bonchev–Trinajstić information content (AvgIpc) is 3.24. The molecule has 1 aliphatic rings. The third-order valence-electron chi connectivity index (χ3n) is 4.79. The summed E-state index contributed by atoms with van der Waals surface area (Å²) in [6.45, 7) is 7.06. The largest absolute Gasteiger partial charge is 0.346 e. The van der Waals surface area contributed by atoms with Crippen LogP contribution in [0.4, 0.5) is 5.13 Å². The van der Waals surface area contributed by atoms with E-state index in [1.807, 2.05) is 22.7 Å². The third-order valence-corrected chi connectivity index (χ3v) is 5.75. The highest BCUT2D eigenvalue weighted by molar-refractivity contribution is 7.20. The molecule has 4 rings (SSSR count). The summed E-state index contributed by atoms with van der Waals surface area (Å²) < 4.78 is 1.97. The van der Waals surface area contributed by atoms with Crippen LogP contribution in [0.25, 0.3) is 16.2 Å². The number of hydrogen-bond acceptors (Lipinski definition) is 5. The molecular weight excluding hydrogens is 306 g/mol. The van der Waals surface area contributed by atoms with Crippen LogP contribution >= 0.6 is 11.3 Å². The van der Waals surface area contributed by atoms with Crippen molar-refractivity contribution < 1.29 is 0 Å². The molecule has 3 heterocycles. The lowest BCUT2D eigenvalue weighted by Gasteiger charge is -2.21. The number of aromatic nitrogens is 3. The number of aryl methyl sites for hydroxylation is 1. The average molecular weight is 327 g/mol. The standard InChI is InChI=1S/C17H21N5S/c1-12-14(13-6-4-3-5-7-13)19-15-22(12)20-16(23-15)21-9-8-17(2,10-18)11-21/h3-7H,8-11,18H2,1-2H3. The zero-order chi connectivity index (χ0) is 16.0. The van der Waals surface area contributed by atoms with Crippen LogP contribution in [0.1, 0.15) is 19.0 Å². The summed E-state index contributed by atoms with van der Waals surface area (Å²) in [5.74, 6) is 0. The molecule has 1 fully saturated rings. The van der Waals surface area contributed by atoms with Gasteiger partial charge in [0.25, 0.3) is 0 Å². The van der Waals surface area contributed by atoms with E-state index < -0.39 is 0 Å². The highest BCUT2D eigenvalue weighted by atomic mass is 32.1. The summed E-state index contributed by atoms with van der Waals surface area (Å²) in [4.78, 5) is 8.10. The monoisotopic (exact) mass is 327 g/mol. The van der Waals surface area contributed by atoms with Crippen molar-refractivity contribution in [2.45, 2.75) is 20.3 Å². The fourth-order valence-corrected chi connectivity index (χ4v) is 4.16. The van der Waals surface area contributed by atoms with Gasteiger partial charge >= 0.3 is 0 Å². The third kappa shape index (κ3) is 2.42. The second kappa shape index (κ2) is 5.32. The molecule has 1 aliphatic heterocycles. The predicted octanol–water partition coefficient (Wildman–Crippen LogP) is 2.94. The van der Waals surface area contributed by atoms with Crippen LogP contribution in [0.2, 0.25) is 0 Å². The molecule has 1 atom stereocenters. The highest BCUT2D eigenvalue weighted by Crippen LogP contribution is 2.35. The summed E-state index contributed by atoms with van der Waals surface area (Å²) in [6.07, 6.45) is 1.12. The van der Waals surface area contributed by atoms with Gasteiger partial charge in [-0.25, -0.2) is 9.50 Å². The van der Waals surface area contributed by atoms with Gasteiger partial charge < -0.3 is 10.6 Å². The molecule has 0 aliphatic carbocycles. The number of imidazole rings is 1. The Balaban J connectivity index is 1.68. The minimum Gasteiger partial charge on any atom is -0.346 e. The molecule has 3 aromatic rings. The van der Waals surface area contributed by atoms with Crippen LogP contribution in [0.5, 0.6) is 0 Å². The molecule has 0 saturated carbocycles. The molecule has 0 bridgehead atoms. The van der Waals surface area contributed by atoms with Gasteiger partial charge in [-0.3, -0.25) is 0 Å². The maximum absolute atomic E-state index is 5.91. The van der Waals surface area contributed by atoms with Gasteiger partial charge in [0.1, 0.15) is 0 Å². The van der Waals surface area contributed by atoms with Crippen molar-refractivity contribution in [1.82, 2.24) is 14.6 Å². The molecule has 2 aromatic heterocycles. The number of nitrogens with two attached hydrogens (primary N) is 1. The Hall–Kier alpha value is -1.92. The van der Waals surface area contributed by atoms with Crippen molar-refractivity contribution in [3.63, 3.8) is 0 Å². The maximum atomic E-state index is 5.91. The molecule has 2 N–H and O–H groups in total. The van der Waals surface area contributed by atoms with Crippen LogP contribution < -0.4 is 10.6 Å². The first-order chi connectivity index (χ1) is 11.1. The zero-order valence-corrected chi connectivity index (χ0v) is 14.3. The second-order valence-corrected chi connectivity index (χ2v) is 7.61. The van der Waals surface area contributed by atoms with Gasteiger partial charge in [0, 0.05) is 18.7 Å². The lowest BCUT2D eigenvalue weighted by molar-refractivity contribution is 0.383. The van der Waals surface area contributed by atoms with Gasteiger partial charge in [-0.15, -0.1) is 5.10 Å². The van der Waals surface area contributed by atoms with E-state index in [1.54, 1.807) is 11.3 Å². The van der Waals surface area contributed by atoms with Crippen LogP contribution in [0, 0.1) is 12.3 Å². The van der Waals surface area contributed by atoms with E-state index in [0.29, 0.717) is 0 Å². The SMILES string of the molecule is Cc1c(-c2ccccc2)nc2sc(N3CCC(C)(CN)C3)nn12. The fourth-order valence-electron chi connectivity index (χ4n) is 3.19. The first-order valence-electron chi connectivity index (χ1n) is 7.96. The van der Waals surface area contributed by atoms with E-state index in [-0.39, 0.29) is 5.41 Å². The van der Waals surface area contributed by atoms with Crippen molar-refractivity contribution in [3.8, 4) is 11.3 Å². The van der Waals surface area contributed by atoms with E-state index in [1.165, 1.54) is 0 Å². The lowest BCUT2D eigenvalue weighted by atomic mass is 9.90. The minimum absolute atomic E-state index is 0.206. The molecule has 23 heavy (non-hydrogen) atoms. The van der Waals surface area contributed by atoms with Gasteiger partial charge in [-0.2, -0.15) is 0 Å². The van der Waals surface area contributed by atoms with Crippen molar-refractivity contribution in [2.75, 3.05) is 24.5 Å². The Labute approximate surface area is 139 Å². The minimum atomic E-state index is 0.206. The number of hydrogen-bond donors (Lipinski definition) is 1. The topological polar surface area (TPSA) is 59.5 Å². The second-order valence-electron chi connectivity index (χ2n) is 6.68. The lowest BCUT2D eigenvalue weighted by Crippen LogP contribution is -2.31. The number of rotatable bonds is 3. The van der Waals surface area contributed by atoms with E-state index in [4.69, 9.17) is 15.8 Å². The van der Waals surface area contributed by atoms with Gasteiger partial charge in [0.15, 0.2) is 0 Å². The summed E-state index contributed by atoms with van der Waals surface area (Å²) in [6, 6.07) is 10.3. The Morgan fingerprint density at radius 3 is 2.74 bits per heavy atom. The Bertz CT molecular complexity index is 837. The molecule has 0 spiro atoms. The van der Waals surface area contributed by atoms with Crippen molar-refractivity contribution in [2.24, 2.45) is 11.1 Å². The normalized spacial score (nSPS) is 21.4. The summed E-state index contributed by atoms with van der Waals surface area (Å²) >= 11 is 1.66. The molecule has 5 nitrogen and oxygen atoms in total. The predicted molar refractivity (Wildman–Crippen MR) is 95.0 cm³/mol. The van der Waals surface area contributed by atoms with Crippen molar-refractivity contribution in [3.05, 3.63) is 36.0 Å². The number of fused-ring (bicyclic) bond motifs is 1. The first kappa shape index (κ1) is 14.7. The van der Waals surface area contributed by atoms with Gasteiger partial charge in [0.2, 0.25) is 10.1 Å². The van der Waals surface area contributed by atoms with Crippen LogP contribution in [-0.2, 0) is 0 Å². The maximum Gasteiger partial charge on any atom is 0.214 e. The molecule has 1 aromatic carbocycles. The van der Waals surface area contributed by atoms with Crippen molar-refractivity contribution >= 4 is 21.4 Å². The fraction of sp³-hybridized carbons (Fsp3) is 0.412. The molecule has 1 saturated heterocycles. The molecular formula is C17H21N5S. The van der Waals surface area contributed by atoms with Gasteiger partial charge in [0.05, 0.1) is 11.4 Å². The summed E-state index contributed by atoms with van der Waals surface area (Å²) in [5.41, 5.74) is 9.37. The van der Waals surface area contributed by atoms with Crippen LogP contribution in [0.15, 0.2) is 30.3 Å². The smallest absolute Gasteiger partial charge is 0.214 e. The van der Waals surface area contributed by atoms with Crippen LogP contribution in [-0.4, -0.2) is 34.2 Å². The quantitative estimate of drug-likeness (QED) is 0.803.